The molecule has 11 heteroatoms. The van der Waals surface area contributed by atoms with Crippen LogP contribution in [0.1, 0.15) is 125 Å². The summed E-state index contributed by atoms with van der Waals surface area (Å²) in [7, 11) is 0. The second-order valence-corrected chi connectivity index (χ2v) is 9.49. The molecule has 0 fully saturated rings. The van der Waals surface area contributed by atoms with Crippen LogP contribution in [0.15, 0.2) is 0 Å². The Morgan fingerprint density at radius 2 is 0.854 bits per heavy atom. The molecule has 0 radical (unpaired) electrons. The van der Waals surface area contributed by atoms with E-state index >= 15 is 0 Å². The summed E-state index contributed by atoms with van der Waals surface area (Å²) >= 11 is 0. The Kier molecular flexibility index (Phi) is 27.1. The Labute approximate surface area is 245 Å². The summed E-state index contributed by atoms with van der Waals surface area (Å²) in [5.41, 5.74) is -2.26. The van der Waals surface area contributed by atoms with Crippen LogP contribution in [0.3, 0.4) is 0 Å². The lowest BCUT2D eigenvalue weighted by atomic mass is 9.95. The lowest BCUT2D eigenvalue weighted by Gasteiger charge is -2.23. The molecule has 0 aromatic rings. The predicted molar refractivity (Wildman–Crippen MR) is 153 cm³/mol. The number of esters is 5. The van der Waals surface area contributed by atoms with Crippen LogP contribution in [-0.4, -0.2) is 73.6 Å². The Balaban J connectivity index is 0. The highest BCUT2D eigenvalue weighted by Gasteiger charge is 2.43. The molecule has 11 nitrogen and oxygen atoms in total. The van der Waals surface area contributed by atoms with Crippen molar-refractivity contribution in [2.45, 2.75) is 130 Å². The minimum atomic E-state index is -2.26. The molecule has 0 aromatic carbocycles. The Hall–Kier alpha value is -2.69. The first-order valence-electron chi connectivity index (χ1n) is 15.1. The highest BCUT2D eigenvalue weighted by atomic mass is 16.6. The monoisotopic (exact) mass is 590 g/mol. The van der Waals surface area contributed by atoms with E-state index in [1.54, 1.807) is 20.8 Å². The van der Waals surface area contributed by atoms with Crippen molar-refractivity contribution in [1.82, 2.24) is 0 Å². The first-order chi connectivity index (χ1) is 19.6. The van der Waals surface area contributed by atoms with E-state index in [-0.39, 0.29) is 31.8 Å². The summed E-state index contributed by atoms with van der Waals surface area (Å²) < 4.78 is 24.2. The number of rotatable bonds is 23. The molecule has 41 heavy (non-hydrogen) atoms. The van der Waals surface area contributed by atoms with Crippen LogP contribution in [-0.2, 0) is 47.7 Å². The molecule has 0 unspecified atom stereocenters. The van der Waals surface area contributed by atoms with Gasteiger partial charge in [-0.25, -0.2) is 4.79 Å². The maximum Gasteiger partial charge on any atom is 0.339 e. The van der Waals surface area contributed by atoms with Gasteiger partial charge in [0.15, 0.2) is 5.60 Å². The molecule has 240 valence electrons. The number of hydrogen-bond acceptors (Lipinski definition) is 11. The first kappa shape index (κ1) is 40.4. The number of aliphatic hydroxyl groups is 1. The smallest absolute Gasteiger partial charge is 0.339 e. The topological polar surface area (TPSA) is 152 Å². The molecule has 0 aliphatic rings. The van der Waals surface area contributed by atoms with Gasteiger partial charge in [0.05, 0.1) is 45.9 Å². The fourth-order valence-corrected chi connectivity index (χ4v) is 3.42. The van der Waals surface area contributed by atoms with E-state index in [1.165, 1.54) is 0 Å². The van der Waals surface area contributed by atoms with Crippen LogP contribution < -0.4 is 0 Å². The Morgan fingerprint density at radius 1 is 0.488 bits per heavy atom. The molecule has 0 atom stereocenters. The molecular weight excluding hydrogens is 536 g/mol. The lowest BCUT2D eigenvalue weighted by Crippen LogP contribution is -2.44. The van der Waals surface area contributed by atoms with Gasteiger partial charge in [-0.3, -0.25) is 19.2 Å². The fraction of sp³-hybridized carbons (Fsp3) is 0.833. The number of hydrogen-bond donors (Lipinski definition) is 1. The van der Waals surface area contributed by atoms with Crippen molar-refractivity contribution in [3.63, 3.8) is 0 Å². The lowest BCUT2D eigenvalue weighted by molar-refractivity contribution is -0.177. The third-order valence-electron chi connectivity index (χ3n) is 5.67. The van der Waals surface area contributed by atoms with E-state index in [4.69, 9.17) is 9.47 Å². The summed E-state index contributed by atoms with van der Waals surface area (Å²) in [4.78, 5) is 57.1. The molecule has 0 amide bonds. The third kappa shape index (κ3) is 24.8. The van der Waals surface area contributed by atoms with Gasteiger partial charge in [-0.1, -0.05) is 52.4 Å². The Bertz CT molecular complexity index is 673. The summed E-state index contributed by atoms with van der Waals surface area (Å²) in [6.45, 7) is 10.2. The van der Waals surface area contributed by atoms with E-state index in [2.05, 4.69) is 28.1 Å². The first-order valence-corrected chi connectivity index (χ1v) is 15.1. The van der Waals surface area contributed by atoms with Crippen molar-refractivity contribution in [3.05, 3.63) is 0 Å². The largest absolute Gasteiger partial charge is 0.466 e. The van der Waals surface area contributed by atoms with Crippen molar-refractivity contribution in [2.75, 3.05) is 33.0 Å². The fourth-order valence-electron chi connectivity index (χ4n) is 3.42. The van der Waals surface area contributed by atoms with Gasteiger partial charge in [-0.05, 0) is 46.5 Å². The van der Waals surface area contributed by atoms with E-state index in [0.717, 1.165) is 64.2 Å². The quantitative estimate of drug-likeness (QED) is 0.0974. The normalized spacial score (nSPS) is 10.6. The molecule has 1 N–H and O–H groups in total. The molecule has 0 aliphatic carbocycles. The van der Waals surface area contributed by atoms with Crippen LogP contribution in [0.4, 0.5) is 0 Å². The molecule has 0 bridgehead atoms. The molecule has 0 spiro atoms. The zero-order valence-corrected chi connectivity index (χ0v) is 26.0. The maximum atomic E-state index is 11.7. The molecule has 0 rings (SSSR count). The van der Waals surface area contributed by atoms with Crippen LogP contribution in [0, 0.1) is 0 Å². The number of unbranched alkanes of at least 4 members (excludes halogenated alkanes) is 7. The molecular formula is C30H54O11. The van der Waals surface area contributed by atoms with Gasteiger partial charge in [-0.2, -0.15) is 0 Å². The van der Waals surface area contributed by atoms with Gasteiger partial charge >= 0.3 is 29.8 Å². The second kappa shape index (κ2) is 27.5. The van der Waals surface area contributed by atoms with E-state index in [9.17, 15) is 29.1 Å². The van der Waals surface area contributed by atoms with Gasteiger partial charge in [0, 0.05) is 12.8 Å². The zero-order chi connectivity index (χ0) is 31.4. The Morgan fingerprint density at radius 3 is 1.20 bits per heavy atom. The number of carbonyl (C=O) groups is 5. The number of ether oxygens (including phenoxy) is 5. The van der Waals surface area contributed by atoms with Gasteiger partial charge < -0.3 is 28.8 Å². The number of carbonyl (C=O) groups excluding carboxylic acids is 5. The summed E-state index contributed by atoms with van der Waals surface area (Å²) in [5, 5.41) is 10.1. The van der Waals surface area contributed by atoms with Crippen LogP contribution in [0.5, 0.6) is 0 Å². The van der Waals surface area contributed by atoms with Gasteiger partial charge in [0.2, 0.25) is 0 Å². The average molecular weight is 591 g/mol. The summed E-state index contributed by atoms with van der Waals surface area (Å²) in [6.07, 6.45) is 9.94. The second-order valence-electron chi connectivity index (χ2n) is 9.49. The maximum absolute atomic E-state index is 11.7. The third-order valence-corrected chi connectivity index (χ3v) is 5.67. The summed E-state index contributed by atoms with van der Waals surface area (Å²) in [5.74, 6) is -2.76. The van der Waals surface area contributed by atoms with Crippen LogP contribution in [0.25, 0.3) is 0 Å². The van der Waals surface area contributed by atoms with Crippen molar-refractivity contribution >= 4 is 29.8 Å². The standard InChI is InChI=1S/C18H34O4.C12H20O7/c1-3-5-15-21-17(19)13-11-9-7-8-10-12-14-18(20)22-16-6-4-2;1-4-17-9(13)7-12(16,11(15)19-6-3)8-10(14)18-5-2/h3-16H2,1-2H3;16H,4-8H2,1-3H3. The minimum absolute atomic E-state index is 0.0206. The molecule has 0 saturated carbocycles. The van der Waals surface area contributed by atoms with Crippen LogP contribution >= 0.6 is 0 Å². The van der Waals surface area contributed by atoms with Gasteiger partial charge in [-0.15, -0.1) is 0 Å². The van der Waals surface area contributed by atoms with E-state index in [1.807, 2.05) is 0 Å². The van der Waals surface area contributed by atoms with Crippen molar-refractivity contribution in [1.29, 1.82) is 0 Å². The average Bonchev–Trinajstić information content (AvgIpc) is 2.91. The minimum Gasteiger partial charge on any atom is -0.466 e. The molecule has 0 aliphatic heterocycles. The van der Waals surface area contributed by atoms with E-state index < -0.39 is 36.4 Å². The SMILES string of the molecule is CCCCOC(=O)CCCCCCCCC(=O)OCCCC.CCOC(=O)CC(O)(CC(=O)OCC)C(=O)OCC. The molecule has 0 heterocycles. The highest BCUT2D eigenvalue weighted by molar-refractivity contribution is 5.90. The molecule has 0 saturated heterocycles. The van der Waals surface area contributed by atoms with Crippen molar-refractivity contribution < 1.29 is 52.8 Å². The van der Waals surface area contributed by atoms with Crippen molar-refractivity contribution in [2.24, 2.45) is 0 Å². The van der Waals surface area contributed by atoms with Crippen LogP contribution in [0.2, 0.25) is 0 Å². The molecule has 0 aromatic heterocycles. The summed E-state index contributed by atoms with van der Waals surface area (Å²) in [6, 6.07) is 0. The van der Waals surface area contributed by atoms with E-state index in [0.29, 0.717) is 26.1 Å². The predicted octanol–water partition coefficient (Wildman–Crippen LogP) is 4.98. The van der Waals surface area contributed by atoms with Gasteiger partial charge in [0.25, 0.3) is 0 Å². The van der Waals surface area contributed by atoms with Crippen molar-refractivity contribution in [3.8, 4) is 0 Å². The van der Waals surface area contributed by atoms with Gasteiger partial charge in [0.1, 0.15) is 0 Å². The highest BCUT2D eigenvalue weighted by Crippen LogP contribution is 2.20. The zero-order valence-electron chi connectivity index (χ0n) is 26.0.